The smallest absolute Gasteiger partial charge is 0.306 e. The monoisotopic (exact) mass is 917 g/mol. The van der Waals surface area contributed by atoms with E-state index >= 15 is 0 Å². The molecule has 1 atom stereocenters. The van der Waals surface area contributed by atoms with Crippen LogP contribution in [-0.4, -0.2) is 37.2 Å². The van der Waals surface area contributed by atoms with E-state index in [-0.39, 0.29) is 31.1 Å². The van der Waals surface area contributed by atoms with Crippen LogP contribution < -0.4 is 0 Å². The van der Waals surface area contributed by atoms with Gasteiger partial charge in [-0.2, -0.15) is 0 Å². The van der Waals surface area contributed by atoms with Gasteiger partial charge in [-0.25, -0.2) is 0 Å². The summed E-state index contributed by atoms with van der Waals surface area (Å²) in [6.07, 6.45) is 62.0. The minimum absolute atomic E-state index is 0.0651. The van der Waals surface area contributed by atoms with E-state index in [4.69, 9.17) is 14.2 Å². The normalized spacial score (nSPS) is 12.0. The van der Waals surface area contributed by atoms with Gasteiger partial charge in [-0.1, -0.05) is 277 Å². The van der Waals surface area contributed by atoms with Crippen molar-refractivity contribution in [3.8, 4) is 0 Å². The highest BCUT2D eigenvalue weighted by Gasteiger charge is 2.19. The summed E-state index contributed by atoms with van der Waals surface area (Å²) in [5.41, 5.74) is 0. The summed E-state index contributed by atoms with van der Waals surface area (Å²) < 4.78 is 16.9. The van der Waals surface area contributed by atoms with E-state index < -0.39 is 6.10 Å². The van der Waals surface area contributed by atoms with Crippen LogP contribution in [0.1, 0.15) is 329 Å². The van der Waals surface area contributed by atoms with E-state index in [1.54, 1.807) is 0 Å². The summed E-state index contributed by atoms with van der Waals surface area (Å²) in [6, 6.07) is 0. The first-order valence-corrected chi connectivity index (χ1v) is 29.2. The molecule has 0 aliphatic heterocycles. The Morgan fingerprint density at radius 2 is 0.508 bits per heavy atom. The number of esters is 3. The van der Waals surface area contributed by atoms with Crippen LogP contribution in [0.15, 0.2) is 12.2 Å². The fourth-order valence-electron chi connectivity index (χ4n) is 8.85. The molecule has 0 rings (SSSR count). The van der Waals surface area contributed by atoms with Crippen molar-refractivity contribution in [1.82, 2.24) is 0 Å². The zero-order valence-electron chi connectivity index (χ0n) is 44.0. The quantitative estimate of drug-likeness (QED) is 0.0262. The molecule has 0 amide bonds. The zero-order valence-corrected chi connectivity index (χ0v) is 44.0. The van der Waals surface area contributed by atoms with Gasteiger partial charge in [0.05, 0.1) is 0 Å². The third kappa shape index (κ3) is 53.0. The van der Waals surface area contributed by atoms with Crippen molar-refractivity contribution in [3.63, 3.8) is 0 Å². The maximum atomic E-state index is 12.8. The minimum Gasteiger partial charge on any atom is -0.462 e. The van der Waals surface area contributed by atoms with E-state index in [1.807, 2.05) is 0 Å². The Bertz CT molecular complexity index is 1010. The Kier molecular flexibility index (Phi) is 53.2. The van der Waals surface area contributed by atoms with Gasteiger partial charge in [-0.3, -0.25) is 14.4 Å². The molecule has 6 nitrogen and oxygen atoms in total. The highest BCUT2D eigenvalue weighted by Crippen LogP contribution is 2.17. The number of unbranched alkanes of at least 4 members (excludes halogenated alkanes) is 41. The molecule has 0 saturated heterocycles. The number of carbonyl (C=O) groups is 3. The molecular weight excluding hydrogens is 805 g/mol. The summed E-state index contributed by atoms with van der Waals surface area (Å²) >= 11 is 0. The molecule has 384 valence electrons. The molecule has 0 N–H and O–H groups in total. The summed E-state index contributed by atoms with van der Waals surface area (Å²) in [5.74, 6) is -0.844. The van der Waals surface area contributed by atoms with Crippen molar-refractivity contribution in [3.05, 3.63) is 12.2 Å². The molecule has 0 fully saturated rings. The Balaban J connectivity index is 4.31. The van der Waals surface area contributed by atoms with Crippen LogP contribution in [0.5, 0.6) is 0 Å². The molecule has 0 aromatic heterocycles. The lowest BCUT2D eigenvalue weighted by Gasteiger charge is -2.18. The third-order valence-electron chi connectivity index (χ3n) is 13.3. The van der Waals surface area contributed by atoms with Crippen LogP contribution in [0.3, 0.4) is 0 Å². The Hall–Kier alpha value is -1.85. The fourth-order valence-corrected chi connectivity index (χ4v) is 8.85. The number of allylic oxidation sites excluding steroid dienone is 2. The molecule has 0 saturated carbocycles. The van der Waals surface area contributed by atoms with Crippen LogP contribution >= 0.6 is 0 Å². The molecule has 6 heteroatoms. The largest absolute Gasteiger partial charge is 0.462 e. The van der Waals surface area contributed by atoms with E-state index in [1.165, 1.54) is 231 Å². The predicted octanol–water partition coefficient (Wildman–Crippen LogP) is 19.3. The predicted molar refractivity (Wildman–Crippen MR) is 280 cm³/mol. The van der Waals surface area contributed by atoms with E-state index in [0.29, 0.717) is 19.3 Å². The molecule has 0 aromatic carbocycles. The van der Waals surface area contributed by atoms with Crippen LogP contribution in [0.4, 0.5) is 0 Å². The van der Waals surface area contributed by atoms with Crippen molar-refractivity contribution in [2.24, 2.45) is 0 Å². The lowest BCUT2D eigenvalue weighted by molar-refractivity contribution is -0.167. The van der Waals surface area contributed by atoms with E-state index in [2.05, 4.69) is 32.9 Å². The summed E-state index contributed by atoms with van der Waals surface area (Å²) in [4.78, 5) is 38.1. The number of rotatable bonds is 54. The summed E-state index contributed by atoms with van der Waals surface area (Å²) in [5, 5.41) is 0. The second-order valence-electron chi connectivity index (χ2n) is 19.9. The maximum absolute atomic E-state index is 12.8. The SMILES string of the molecule is CCCCCCCC/C=C\CCCCCCCCCC(=O)OC[C@@H](COC(=O)CCCCCCCCCCCCCCCC)OC(=O)CCCCCCCCCCCCCCCCCC. The zero-order chi connectivity index (χ0) is 47.2. The number of hydrogen-bond donors (Lipinski definition) is 0. The van der Waals surface area contributed by atoms with E-state index in [0.717, 1.165) is 57.8 Å². The van der Waals surface area contributed by atoms with E-state index in [9.17, 15) is 14.4 Å². The topological polar surface area (TPSA) is 78.9 Å². The van der Waals surface area contributed by atoms with Crippen LogP contribution in [0.25, 0.3) is 0 Å². The van der Waals surface area contributed by atoms with Crippen molar-refractivity contribution >= 4 is 17.9 Å². The van der Waals surface area contributed by atoms with Gasteiger partial charge in [0.1, 0.15) is 13.2 Å². The highest BCUT2D eigenvalue weighted by molar-refractivity contribution is 5.71. The molecule has 0 aliphatic rings. The Labute approximate surface area is 405 Å². The first kappa shape index (κ1) is 63.1. The average molecular weight is 918 g/mol. The molecule has 0 unspecified atom stereocenters. The Morgan fingerprint density at radius 1 is 0.292 bits per heavy atom. The van der Waals surface area contributed by atoms with Gasteiger partial charge in [0.25, 0.3) is 0 Å². The van der Waals surface area contributed by atoms with Crippen LogP contribution in [0.2, 0.25) is 0 Å². The fraction of sp³-hybridized carbons (Fsp3) is 0.915. The lowest BCUT2D eigenvalue weighted by Crippen LogP contribution is -2.30. The summed E-state index contributed by atoms with van der Waals surface area (Å²) in [6.45, 7) is 6.69. The van der Waals surface area contributed by atoms with Gasteiger partial charge in [0.15, 0.2) is 6.10 Å². The summed E-state index contributed by atoms with van der Waals surface area (Å²) in [7, 11) is 0. The molecule has 0 radical (unpaired) electrons. The number of hydrogen-bond acceptors (Lipinski definition) is 6. The lowest BCUT2D eigenvalue weighted by atomic mass is 10.0. The number of carbonyl (C=O) groups excluding carboxylic acids is 3. The number of ether oxygens (including phenoxy) is 3. The third-order valence-corrected chi connectivity index (χ3v) is 13.3. The highest BCUT2D eigenvalue weighted by atomic mass is 16.6. The Morgan fingerprint density at radius 3 is 0.769 bits per heavy atom. The van der Waals surface area contributed by atoms with Crippen molar-refractivity contribution in [2.75, 3.05) is 13.2 Å². The minimum atomic E-state index is -0.766. The molecule has 0 aliphatic carbocycles. The standard InChI is InChI=1S/C59H112O6/c1-4-7-10-13-16-19-22-25-28-30-32-34-37-40-43-46-49-52-58(61)64-55-56(54-63-57(60)51-48-45-42-39-36-33-27-24-21-18-15-12-9-6-3)65-59(62)53-50-47-44-41-38-35-31-29-26-23-20-17-14-11-8-5-2/h25,28,56H,4-24,26-27,29-55H2,1-3H3/b28-25-/t56-/m1/s1. The van der Waals surface area contributed by atoms with Gasteiger partial charge in [-0.15, -0.1) is 0 Å². The molecule has 0 bridgehead atoms. The first-order chi connectivity index (χ1) is 32.0. The van der Waals surface area contributed by atoms with Crippen molar-refractivity contribution < 1.29 is 28.6 Å². The second-order valence-corrected chi connectivity index (χ2v) is 19.9. The van der Waals surface area contributed by atoms with Crippen LogP contribution in [-0.2, 0) is 28.6 Å². The molecule has 0 spiro atoms. The maximum Gasteiger partial charge on any atom is 0.306 e. The molecule has 0 heterocycles. The molecule has 0 aromatic rings. The van der Waals surface area contributed by atoms with Gasteiger partial charge in [-0.05, 0) is 44.9 Å². The van der Waals surface area contributed by atoms with Gasteiger partial charge in [0, 0.05) is 19.3 Å². The van der Waals surface area contributed by atoms with Crippen molar-refractivity contribution in [2.45, 2.75) is 335 Å². The van der Waals surface area contributed by atoms with Gasteiger partial charge in [0.2, 0.25) is 0 Å². The molecular formula is C59H112O6. The van der Waals surface area contributed by atoms with Gasteiger partial charge >= 0.3 is 17.9 Å². The second kappa shape index (κ2) is 54.8. The van der Waals surface area contributed by atoms with Crippen LogP contribution in [0, 0.1) is 0 Å². The van der Waals surface area contributed by atoms with Crippen molar-refractivity contribution in [1.29, 1.82) is 0 Å². The van der Waals surface area contributed by atoms with Gasteiger partial charge < -0.3 is 14.2 Å². The first-order valence-electron chi connectivity index (χ1n) is 29.2. The molecule has 65 heavy (non-hydrogen) atoms. The average Bonchev–Trinajstić information content (AvgIpc) is 3.30.